The van der Waals surface area contributed by atoms with E-state index in [0.717, 1.165) is 5.56 Å². The molecule has 3 rings (SSSR count). The minimum Gasteiger partial charge on any atom is -0.348 e. The van der Waals surface area contributed by atoms with Gasteiger partial charge >= 0.3 is 0 Å². The molecule has 21 heavy (non-hydrogen) atoms. The minimum atomic E-state index is -1.21. The Balaban J connectivity index is 1.86. The lowest BCUT2D eigenvalue weighted by Gasteiger charge is -2.59. The van der Waals surface area contributed by atoms with Crippen molar-refractivity contribution in [3.8, 4) is 0 Å². The Morgan fingerprint density at radius 2 is 1.43 bits per heavy atom. The largest absolute Gasteiger partial charge is 0.348 e. The van der Waals surface area contributed by atoms with Crippen LogP contribution in [0.4, 0.5) is 0 Å². The predicted octanol–water partition coefficient (Wildman–Crippen LogP) is 0.00710. The van der Waals surface area contributed by atoms with Gasteiger partial charge in [0.15, 0.2) is 5.79 Å². The normalized spacial score (nSPS) is 26.9. The van der Waals surface area contributed by atoms with Gasteiger partial charge in [0.2, 0.25) is 0 Å². The lowest BCUT2D eigenvalue weighted by molar-refractivity contribution is -0.204. The number of hydrogen-bond donors (Lipinski definition) is 0. The van der Waals surface area contributed by atoms with Crippen LogP contribution in [0.25, 0.3) is 0 Å². The van der Waals surface area contributed by atoms with Crippen molar-refractivity contribution < 1.29 is 9.47 Å². The molecule has 2 saturated heterocycles. The van der Waals surface area contributed by atoms with Crippen LogP contribution in [0.1, 0.15) is 18.4 Å². The summed E-state index contributed by atoms with van der Waals surface area (Å²) in [4.78, 5) is 1.71. The molecule has 8 radical (unpaired) electrons. The Kier molecular flexibility index (Phi) is 3.79. The molecule has 2 fully saturated rings. The van der Waals surface area contributed by atoms with Crippen molar-refractivity contribution in [2.24, 2.45) is 0 Å². The van der Waals surface area contributed by atoms with Gasteiger partial charge in [0.1, 0.15) is 0 Å². The van der Waals surface area contributed by atoms with Crippen molar-refractivity contribution in [1.82, 2.24) is 4.90 Å². The third-order valence-electron chi connectivity index (χ3n) is 4.11. The van der Waals surface area contributed by atoms with E-state index in [-0.39, 0.29) is 0 Å². The molecule has 0 amide bonds. The molecule has 1 spiro atoms. The van der Waals surface area contributed by atoms with Crippen LogP contribution < -0.4 is 0 Å². The van der Waals surface area contributed by atoms with Crippen LogP contribution in [0.3, 0.4) is 0 Å². The molecule has 2 heterocycles. The van der Waals surface area contributed by atoms with E-state index in [4.69, 9.17) is 40.9 Å². The van der Waals surface area contributed by atoms with Crippen LogP contribution in [0, 0.1) is 0 Å². The predicted molar refractivity (Wildman–Crippen MR) is 84.3 cm³/mol. The molecule has 0 atom stereocenters. The summed E-state index contributed by atoms with van der Waals surface area (Å²) in [6.45, 7) is 1.48. The average Bonchev–Trinajstić information content (AvgIpc) is 2.81. The molecule has 0 aromatic heterocycles. The van der Waals surface area contributed by atoms with Gasteiger partial charge in [0.05, 0.1) is 44.6 Å². The highest BCUT2D eigenvalue weighted by Crippen LogP contribution is 2.43. The zero-order valence-corrected chi connectivity index (χ0v) is 12.0. The number of likely N-dealkylation sites (tertiary alicyclic amines) is 1. The Bertz CT molecular complexity index is 483. The molecule has 1 aromatic rings. The Hall–Kier alpha value is -0.640. The van der Waals surface area contributed by atoms with Crippen molar-refractivity contribution >= 4 is 31.4 Å². The summed E-state index contributed by atoms with van der Waals surface area (Å²) < 4.78 is 11.4. The van der Waals surface area contributed by atoms with Crippen LogP contribution >= 0.6 is 0 Å². The van der Waals surface area contributed by atoms with Crippen molar-refractivity contribution in [2.75, 3.05) is 13.2 Å². The Morgan fingerprint density at radius 1 is 0.905 bits per heavy atom. The van der Waals surface area contributed by atoms with Gasteiger partial charge in [0.25, 0.3) is 0 Å². The van der Waals surface area contributed by atoms with Crippen molar-refractivity contribution in [3.63, 3.8) is 0 Å². The smallest absolute Gasteiger partial charge is 0.169 e. The van der Waals surface area contributed by atoms with Gasteiger partial charge in [-0.25, -0.2) is 0 Å². The highest BCUT2D eigenvalue weighted by atomic mass is 16.7. The zero-order chi connectivity index (χ0) is 15.1. The van der Waals surface area contributed by atoms with Gasteiger partial charge in [-0.1, -0.05) is 30.3 Å². The number of ether oxygens (including phenoxy) is 2. The second-order valence-corrected chi connectivity index (χ2v) is 6.02. The number of nitrogens with zero attached hydrogens (tertiary/aromatic N) is 1. The third-order valence-corrected chi connectivity index (χ3v) is 4.11. The average molecular weight is 273 g/mol. The first-order chi connectivity index (χ1) is 9.83. The molecule has 0 bridgehead atoms. The molecule has 3 nitrogen and oxygen atoms in total. The minimum absolute atomic E-state index is 0.322. The summed E-state index contributed by atoms with van der Waals surface area (Å²) >= 11 is 0. The molecule has 0 saturated carbocycles. The van der Waals surface area contributed by atoms with Crippen LogP contribution in [0.2, 0.25) is 0 Å². The van der Waals surface area contributed by atoms with Gasteiger partial charge in [-0.05, 0) is 16.2 Å². The lowest BCUT2D eigenvalue weighted by atomic mass is 9.45. The molecule has 100 valence electrons. The van der Waals surface area contributed by atoms with Crippen LogP contribution in [-0.4, -0.2) is 66.0 Å². The summed E-state index contributed by atoms with van der Waals surface area (Å²) in [7, 11) is 25.1. The molecule has 2 aliphatic heterocycles. The first-order valence-corrected chi connectivity index (χ1v) is 7.08. The highest BCUT2D eigenvalue weighted by molar-refractivity contribution is 6.44. The van der Waals surface area contributed by atoms with Gasteiger partial charge in [-0.2, -0.15) is 0 Å². The first kappa shape index (κ1) is 15.3. The first-order valence-electron chi connectivity index (χ1n) is 7.08. The van der Waals surface area contributed by atoms with E-state index in [1.54, 1.807) is 4.90 Å². The van der Waals surface area contributed by atoms with Crippen molar-refractivity contribution in [3.05, 3.63) is 35.9 Å². The van der Waals surface area contributed by atoms with E-state index in [0.29, 0.717) is 32.6 Å². The SMILES string of the molecule is [B]C1([B])CC2(CC([B])([B])N1Cc1ccccc1)OCCO2. The van der Waals surface area contributed by atoms with E-state index in [1.165, 1.54) is 0 Å². The Morgan fingerprint density at radius 3 is 1.95 bits per heavy atom. The Labute approximate surface area is 131 Å². The maximum atomic E-state index is 6.28. The molecule has 0 N–H and O–H groups in total. The number of hydrogen-bond acceptors (Lipinski definition) is 3. The van der Waals surface area contributed by atoms with Crippen LogP contribution in [-0.2, 0) is 16.0 Å². The van der Waals surface area contributed by atoms with Crippen LogP contribution in [0.5, 0.6) is 0 Å². The van der Waals surface area contributed by atoms with E-state index in [2.05, 4.69) is 0 Å². The second-order valence-electron chi connectivity index (χ2n) is 6.02. The molecule has 1 aromatic carbocycles. The van der Waals surface area contributed by atoms with Crippen molar-refractivity contribution in [1.29, 1.82) is 0 Å². The van der Waals surface area contributed by atoms with Gasteiger partial charge in [0, 0.05) is 19.4 Å². The molecule has 2 aliphatic rings. The standard InChI is InChI=1S/C14H15B4NO2/c15-13(16)9-12(20-6-7-21-12)10-14(17,18)19(13)8-11-4-2-1-3-5-11/h1-5H,6-10H2. The highest BCUT2D eigenvalue weighted by Gasteiger charge is 2.53. The number of benzene rings is 1. The molecular formula is C14H15B4NO2. The third kappa shape index (κ3) is 2.96. The topological polar surface area (TPSA) is 21.7 Å². The second kappa shape index (κ2) is 5.22. The zero-order valence-electron chi connectivity index (χ0n) is 12.0. The summed E-state index contributed by atoms with van der Waals surface area (Å²) in [5, 5.41) is -2.41. The number of piperidine rings is 1. The quantitative estimate of drug-likeness (QED) is 0.708. The summed E-state index contributed by atoms with van der Waals surface area (Å²) in [6.07, 6.45) is 0.645. The van der Waals surface area contributed by atoms with Gasteiger partial charge in [-0.15, -0.1) is 0 Å². The molecule has 0 aliphatic carbocycles. The lowest BCUT2D eigenvalue weighted by Crippen LogP contribution is -2.70. The fraction of sp³-hybridized carbons (Fsp3) is 0.571. The maximum absolute atomic E-state index is 6.28. The maximum Gasteiger partial charge on any atom is 0.169 e. The monoisotopic (exact) mass is 273 g/mol. The fourth-order valence-electron chi connectivity index (χ4n) is 3.27. The van der Waals surface area contributed by atoms with E-state index < -0.39 is 16.5 Å². The van der Waals surface area contributed by atoms with Crippen LogP contribution in [0.15, 0.2) is 30.3 Å². The number of rotatable bonds is 2. The summed E-state index contributed by atoms with van der Waals surface area (Å²) in [5.74, 6) is -0.875. The van der Waals surface area contributed by atoms with Gasteiger partial charge in [-0.3, -0.25) is 0 Å². The molecular weight excluding hydrogens is 257 g/mol. The van der Waals surface area contributed by atoms with E-state index in [9.17, 15) is 0 Å². The van der Waals surface area contributed by atoms with E-state index in [1.807, 2.05) is 30.3 Å². The van der Waals surface area contributed by atoms with Crippen molar-refractivity contribution in [2.45, 2.75) is 35.8 Å². The summed E-state index contributed by atoms with van der Waals surface area (Å²) in [6, 6.07) is 9.82. The van der Waals surface area contributed by atoms with Gasteiger partial charge < -0.3 is 14.4 Å². The summed E-state index contributed by atoms with van der Waals surface area (Å²) in [5.41, 5.74) is 1.04. The molecule has 0 unspecified atom stereocenters. The fourth-order valence-corrected chi connectivity index (χ4v) is 3.27. The molecule has 7 heteroatoms. The van der Waals surface area contributed by atoms with E-state index >= 15 is 0 Å².